The van der Waals surface area contributed by atoms with Crippen molar-refractivity contribution in [2.45, 2.75) is 50.7 Å². The fourth-order valence-electron chi connectivity index (χ4n) is 4.22. The van der Waals surface area contributed by atoms with E-state index in [-0.39, 0.29) is 23.1 Å². The first kappa shape index (κ1) is 30.1. The number of fused-ring (bicyclic) bond motifs is 1. The van der Waals surface area contributed by atoms with Gasteiger partial charge in [0, 0.05) is 31.3 Å². The van der Waals surface area contributed by atoms with Crippen LogP contribution in [0.15, 0.2) is 45.7 Å². The van der Waals surface area contributed by atoms with Crippen molar-refractivity contribution in [3.63, 3.8) is 0 Å². The normalized spacial score (nSPS) is 11.0. The van der Waals surface area contributed by atoms with Crippen LogP contribution in [0.3, 0.4) is 0 Å². The van der Waals surface area contributed by atoms with Crippen molar-refractivity contribution >= 4 is 50.9 Å². The number of carbonyl (C=O) groups is 2. The molecule has 3 heterocycles. The van der Waals surface area contributed by atoms with Gasteiger partial charge in [-0.3, -0.25) is 24.0 Å². The first-order valence-corrected chi connectivity index (χ1v) is 15.1. The summed E-state index contributed by atoms with van der Waals surface area (Å²) in [6.07, 6.45) is 3.30. The Labute approximate surface area is 246 Å². The third kappa shape index (κ3) is 8.33. The molecule has 0 unspecified atom stereocenters. The fraction of sp³-hybridized carbons (Fsp3) is 0.393. The Kier molecular flexibility index (Phi) is 10.8. The van der Waals surface area contributed by atoms with Crippen molar-refractivity contribution in [2.24, 2.45) is 0 Å². The van der Waals surface area contributed by atoms with Crippen molar-refractivity contribution in [2.75, 3.05) is 31.8 Å². The molecular weight excluding hydrogens is 564 g/mol. The molecular formula is C28H34N6O5S2. The second-order valence-electron chi connectivity index (χ2n) is 9.36. The molecule has 0 atom stereocenters. The number of thiophene rings is 1. The van der Waals surface area contributed by atoms with Crippen LogP contribution in [0.2, 0.25) is 0 Å². The van der Waals surface area contributed by atoms with E-state index >= 15 is 0 Å². The maximum absolute atomic E-state index is 13.2. The molecule has 0 aliphatic heterocycles. The second-order valence-corrected chi connectivity index (χ2v) is 11.2. The molecule has 0 aliphatic rings. The van der Waals surface area contributed by atoms with E-state index in [1.807, 2.05) is 36.6 Å². The van der Waals surface area contributed by atoms with Gasteiger partial charge in [-0.1, -0.05) is 24.2 Å². The number of ether oxygens (including phenoxy) is 2. The van der Waals surface area contributed by atoms with Crippen LogP contribution in [0.4, 0.5) is 5.82 Å². The van der Waals surface area contributed by atoms with Crippen molar-refractivity contribution < 1.29 is 19.1 Å². The summed E-state index contributed by atoms with van der Waals surface area (Å²) in [5.41, 5.74) is 2.42. The Morgan fingerprint density at radius 3 is 2.66 bits per heavy atom. The number of rotatable bonds is 15. The van der Waals surface area contributed by atoms with Crippen molar-refractivity contribution in [3.8, 4) is 11.5 Å². The lowest BCUT2D eigenvalue weighted by molar-refractivity contribution is -0.121. The molecule has 4 rings (SSSR count). The van der Waals surface area contributed by atoms with E-state index in [9.17, 15) is 14.4 Å². The minimum absolute atomic E-state index is 0.00122. The minimum Gasteiger partial charge on any atom is -0.493 e. The van der Waals surface area contributed by atoms with Gasteiger partial charge in [-0.05, 0) is 55.3 Å². The van der Waals surface area contributed by atoms with Crippen LogP contribution in [0.1, 0.15) is 36.9 Å². The van der Waals surface area contributed by atoms with Gasteiger partial charge in [-0.15, -0.1) is 11.3 Å². The van der Waals surface area contributed by atoms with E-state index in [2.05, 4.69) is 25.8 Å². The average molecular weight is 599 g/mol. The largest absolute Gasteiger partial charge is 0.493 e. The van der Waals surface area contributed by atoms with Gasteiger partial charge in [-0.2, -0.15) is 5.10 Å². The molecule has 1 aromatic carbocycles. The molecule has 3 aromatic heterocycles. The first-order chi connectivity index (χ1) is 19.9. The van der Waals surface area contributed by atoms with Gasteiger partial charge in [0.2, 0.25) is 11.8 Å². The maximum atomic E-state index is 13.2. The highest BCUT2D eigenvalue weighted by Gasteiger charge is 2.15. The summed E-state index contributed by atoms with van der Waals surface area (Å²) in [5, 5.41) is 14.8. The number of nitrogens with zero attached hydrogens (tertiary/aromatic N) is 3. The topological polar surface area (TPSA) is 140 Å². The third-order valence-corrected chi connectivity index (χ3v) is 8.17. The quantitative estimate of drug-likeness (QED) is 0.105. The lowest BCUT2D eigenvalue weighted by Gasteiger charge is -2.12. The number of thioether (sulfide) groups is 1. The number of hydrogen-bond donors (Lipinski definition) is 3. The van der Waals surface area contributed by atoms with Gasteiger partial charge in [0.25, 0.3) is 5.56 Å². The number of aromatic nitrogens is 4. The fourth-order valence-corrected chi connectivity index (χ4v) is 5.83. The van der Waals surface area contributed by atoms with E-state index < -0.39 is 0 Å². The van der Waals surface area contributed by atoms with Gasteiger partial charge in [-0.25, -0.2) is 4.98 Å². The number of amides is 2. The Hall–Kier alpha value is -3.84. The number of unbranched alkanes of at least 4 members (excludes halogenated alkanes) is 2. The number of H-pyrrole nitrogens is 1. The van der Waals surface area contributed by atoms with E-state index in [0.717, 1.165) is 17.7 Å². The predicted octanol–water partition coefficient (Wildman–Crippen LogP) is 4.16. The molecule has 0 radical (unpaired) electrons. The summed E-state index contributed by atoms with van der Waals surface area (Å²) in [7, 11) is 3.19. The van der Waals surface area contributed by atoms with Crippen molar-refractivity contribution in [3.05, 3.63) is 57.3 Å². The van der Waals surface area contributed by atoms with E-state index in [1.54, 1.807) is 24.9 Å². The molecule has 0 saturated heterocycles. The van der Waals surface area contributed by atoms with Crippen LogP contribution < -0.4 is 25.7 Å². The third-order valence-electron chi connectivity index (χ3n) is 6.31. The molecule has 2 amide bonds. The zero-order chi connectivity index (χ0) is 29.2. The second kappa shape index (κ2) is 14.7. The molecule has 0 fully saturated rings. The summed E-state index contributed by atoms with van der Waals surface area (Å²) in [4.78, 5) is 42.6. The number of nitrogens with one attached hydrogen (secondary N) is 3. The summed E-state index contributed by atoms with van der Waals surface area (Å²) >= 11 is 2.58. The summed E-state index contributed by atoms with van der Waals surface area (Å²) in [6, 6.07) is 9.28. The van der Waals surface area contributed by atoms with E-state index in [1.165, 1.54) is 23.1 Å². The molecule has 4 aromatic rings. The number of aromatic amines is 1. The Morgan fingerprint density at radius 1 is 1.07 bits per heavy atom. The molecule has 3 N–H and O–H groups in total. The van der Waals surface area contributed by atoms with Crippen molar-refractivity contribution in [1.29, 1.82) is 0 Å². The number of carbonyl (C=O) groups excluding carboxylic acids is 2. The van der Waals surface area contributed by atoms with Gasteiger partial charge >= 0.3 is 0 Å². The first-order valence-electron chi connectivity index (χ1n) is 13.3. The highest BCUT2D eigenvalue weighted by atomic mass is 32.2. The Bertz CT molecular complexity index is 1550. The van der Waals surface area contributed by atoms with Gasteiger partial charge in [0.05, 0.1) is 25.5 Å². The molecule has 218 valence electrons. The van der Waals surface area contributed by atoms with Gasteiger partial charge < -0.3 is 20.1 Å². The smallest absolute Gasteiger partial charge is 0.272 e. The standard InChI is InChI=1S/C28H34N6O5S2/c1-18-15-23(33-32-18)31-25(36)17-41-28-30-20-11-14-40-26(20)27(37)34(28)13-6-4-5-7-24(35)29-12-10-19-8-9-21(38-2)22(16-19)39-3/h8-9,11,14-16H,4-7,10,12-13,17H2,1-3H3,(H,29,35)(H2,31,32,33,36). The van der Waals surface area contributed by atoms with E-state index in [0.29, 0.717) is 71.5 Å². The number of aryl methyl sites for hydroxylation is 1. The number of hydrogen-bond acceptors (Lipinski definition) is 9. The number of methoxy groups -OCH3 is 2. The lowest BCUT2D eigenvalue weighted by Crippen LogP contribution is -2.25. The molecule has 0 saturated carbocycles. The Morgan fingerprint density at radius 2 is 1.90 bits per heavy atom. The Balaban J connectivity index is 1.23. The molecule has 41 heavy (non-hydrogen) atoms. The minimum atomic E-state index is -0.232. The SMILES string of the molecule is COc1ccc(CCNC(=O)CCCCCn2c(SCC(=O)Nc3cc(C)[nH]n3)nc3ccsc3c2=O)cc1OC. The molecule has 0 aliphatic carbocycles. The zero-order valence-electron chi connectivity index (χ0n) is 23.3. The van der Waals surface area contributed by atoms with Gasteiger partial charge in [0.1, 0.15) is 4.70 Å². The molecule has 11 nitrogen and oxygen atoms in total. The summed E-state index contributed by atoms with van der Waals surface area (Å²) < 4.78 is 12.8. The van der Waals surface area contributed by atoms with Crippen LogP contribution >= 0.6 is 23.1 Å². The summed E-state index contributed by atoms with van der Waals surface area (Å²) in [6.45, 7) is 2.84. The highest BCUT2D eigenvalue weighted by molar-refractivity contribution is 7.99. The molecule has 13 heteroatoms. The zero-order valence-corrected chi connectivity index (χ0v) is 25.0. The molecule has 0 spiro atoms. The van der Waals surface area contributed by atoms with Crippen molar-refractivity contribution in [1.82, 2.24) is 25.1 Å². The average Bonchev–Trinajstić information content (AvgIpc) is 3.61. The lowest BCUT2D eigenvalue weighted by atomic mass is 10.1. The van der Waals surface area contributed by atoms with Crippen LogP contribution in [0, 0.1) is 6.92 Å². The number of anilines is 1. The van der Waals surface area contributed by atoms with Gasteiger partial charge in [0.15, 0.2) is 22.5 Å². The van der Waals surface area contributed by atoms with E-state index in [4.69, 9.17) is 9.47 Å². The predicted molar refractivity (Wildman–Crippen MR) is 161 cm³/mol. The van der Waals surface area contributed by atoms with Crippen LogP contribution in [-0.2, 0) is 22.6 Å². The highest BCUT2D eigenvalue weighted by Crippen LogP contribution is 2.27. The number of benzene rings is 1. The maximum Gasteiger partial charge on any atom is 0.272 e. The van der Waals surface area contributed by atoms with Crippen LogP contribution in [-0.4, -0.2) is 58.1 Å². The van der Waals surface area contributed by atoms with Crippen LogP contribution in [0.25, 0.3) is 10.2 Å². The van der Waals surface area contributed by atoms with Crippen LogP contribution in [0.5, 0.6) is 11.5 Å². The molecule has 0 bridgehead atoms. The monoisotopic (exact) mass is 598 g/mol. The summed E-state index contributed by atoms with van der Waals surface area (Å²) in [5.74, 6) is 1.65.